The van der Waals surface area contributed by atoms with Crippen LogP contribution in [0.4, 0.5) is 0 Å². The van der Waals surface area contributed by atoms with E-state index in [9.17, 15) is 14.4 Å². The zero-order chi connectivity index (χ0) is 24.8. The fourth-order valence-electron chi connectivity index (χ4n) is 3.84. The van der Waals surface area contributed by atoms with Gasteiger partial charge in [0.2, 0.25) is 5.91 Å². The van der Waals surface area contributed by atoms with Crippen molar-refractivity contribution in [2.24, 2.45) is 0 Å². The van der Waals surface area contributed by atoms with Crippen LogP contribution < -0.4 is 26.0 Å². The topological polar surface area (TPSA) is 117 Å². The van der Waals surface area contributed by atoms with Crippen LogP contribution in [0.1, 0.15) is 11.1 Å². The van der Waals surface area contributed by atoms with E-state index >= 15 is 0 Å². The molecule has 1 amide bonds. The van der Waals surface area contributed by atoms with Crippen molar-refractivity contribution in [1.82, 2.24) is 24.4 Å². The molecule has 2 aromatic carbocycles. The van der Waals surface area contributed by atoms with Gasteiger partial charge in [0.25, 0.3) is 5.56 Å². The van der Waals surface area contributed by atoms with Crippen molar-refractivity contribution in [3.8, 4) is 11.5 Å². The molecule has 4 aromatic rings. The van der Waals surface area contributed by atoms with Gasteiger partial charge in [-0.05, 0) is 18.1 Å². The molecule has 10 nitrogen and oxygen atoms in total. The molecule has 0 saturated heterocycles. The summed E-state index contributed by atoms with van der Waals surface area (Å²) in [6.45, 7) is -0.0199. The van der Waals surface area contributed by atoms with Gasteiger partial charge < -0.3 is 14.8 Å². The number of benzene rings is 2. The zero-order valence-corrected chi connectivity index (χ0v) is 19.4. The van der Waals surface area contributed by atoms with Crippen molar-refractivity contribution in [3.63, 3.8) is 0 Å². The Morgan fingerprint density at radius 3 is 2.46 bits per heavy atom. The lowest BCUT2D eigenvalue weighted by molar-refractivity contribution is -0.121. The number of methoxy groups -OCH3 is 2. The minimum atomic E-state index is -0.618. The molecule has 10 heteroatoms. The molecule has 1 N–H and O–H groups in total. The van der Waals surface area contributed by atoms with Gasteiger partial charge in [0.05, 0.1) is 14.2 Å². The molecule has 180 valence electrons. The average molecular weight is 476 g/mol. The average Bonchev–Trinajstić information content (AvgIpc) is 2.90. The smallest absolute Gasteiger partial charge is 0.333 e. The maximum Gasteiger partial charge on any atom is 0.333 e. The number of carbonyl (C=O) groups excluding carboxylic acids is 1. The van der Waals surface area contributed by atoms with Crippen molar-refractivity contribution >= 4 is 17.1 Å². The third-order valence-electron chi connectivity index (χ3n) is 5.57. The Morgan fingerprint density at radius 1 is 0.943 bits per heavy atom. The maximum atomic E-state index is 13.3. The van der Waals surface area contributed by atoms with E-state index < -0.39 is 17.2 Å². The molecule has 0 radical (unpaired) electrons. The molecular weight excluding hydrogens is 450 g/mol. The van der Waals surface area contributed by atoms with Crippen LogP contribution in [0.25, 0.3) is 11.2 Å². The summed E-state index contributed by atoms with van der Waals surface area (Å²) in [5.41, 5.74) is 0.634. The highest BCUT2D eigenvalue weighted by Gasteiger charge is 2.18. The summed E-state index contributed by atoms with van der Waals surface area (Å²) in [5.74, 6) is 0.623. The fraction of sp³-hybridized carbons (Fsp3) is 0.240. The molecule has 0 spiro atoms. The van der Waals surface area contributed by atoms with Crippen LogP contribution in [0.2, 0.25) is 0 Å². The molecule has 0 atom stereocenters. The Hall–Kier alpha value is -4.47. The van der Waals surface area contributed by atoms with Crippen LogP contribution in [-0.4, -0.2) is 39.2 Å². The van der Waals surface area contributed by atoms with E-state index in [2.05, 4.69) is 15.3 Å². The van der Waals surface area contributed by atoms with Crippen LogP contribution in [0, 0.1) is 0 Å². The predicted molar refractivity (Wildman–Crippen MR) is 130 cm³/mol. The first-order valence-corrected chi connectivity index (χ1v) is 11.0. The molecule has 0 aliphatic heterocycles. The van der Waals surface area contributed by atoms with Crippen molar-refractivity contribution in [2.45, 2.75) is 26.1 Å². The second-order valence-electron chi connectivity index (χ2n) is 7.72. The van der Waals surface area contributed by atoms with E-state index in [0.717, 1.165) is 10.1 Å². The number of ether oxygens (including phenoxy) is 2. The molecule has 2 aromatic heterocycles. The third kappa shape index (κ3) is 5.06. The van der Waals surface area contributed by atoms with Crippen LogP contribution in [-0.2, 0) is 30.8 Å². The van der Waals surface area contributed by atoms with Crippen LogP contribution >= 0.6 is 0 Å². The highest BCUT2D eigenvalue weighted by molar-refractivity contribution is 5.78. The van der Waals surface area contributed by atoms with Crippen molar-refractivity contribution < 1.29 is 14.3 Å². The largest absolute Gasteiger partial charge is 0.493 e. The summed E-state index contributed by atoms with van der Waals surface area (Å²) in [6.07, 6.45) is 3.24. The van der Waals surface area contributed by atoms with Gasteiger partial charge >= 0.3 is 5.69 Å². The number of aromatic nitrogens is 4. The Morgan fingerprint density at radius 2 is 1.71 bits per heavy atom. The first kappa shape index (κ1) is 23.7. The Balaban J connectivity index is 1.60. The number of carbonyl (C=O) groups is 1. The monoisotopic (exact) mass is 475 g/mol. The lowest BCUT2D eigenvalue weighted by atomic mass is 10.1. The van der Waals surface area contributed by atoms with Gasteiger partial charge in [0.15, 0.2) is 22.7 Å². The quantitative estimate of drug-likeness (QED) is 0.390. The number of para-hydroxylation sites is 1. The Labute approximate surface area is 200 Å². The first-order valence-electron chi connectivity index (χ1n) is 11.0. The van der Waals surface area contributed by atoms with Gasteiger partial charge in [-0.2, -0.15) is 0 Å². The molecular formula is C25H25N5O5. The molecule has 0 bridgehead atoms. The summed E-state index contributed by atoms with van der Waals surface area (Å²) < 4.78 is 13.0. The maximum absolute atomic E-state index is 13.3. The second-order valence-corrected chi connectivity index (χ2v) is 7.72. The number of hydrogen-bond acceptors (Lipinski definition) is 7. The Kier molecular flexibility index (Phi) is 7.20. The van der Waals surface area contributed by atoms with E-state index in [1.807, 2.05) is 30.3 Å². The summed E-state index contributed by atoms with van der Waals surface area (Å²) >= 11 is 0. The van der Waals surface area contributed by atoms with Gasteiger partial charge in [-0.1, -0.05) is 42.5 Å². The van der Waals surface area contributed by atoms with Crippen LogP contribution in [0.3, 0.4) is 0 Å². The number of rotatable bonds is 9. The molecule has 0 aliphatic carbocycles. The highest BCUT2D eigenvalue weighted by atomic mass is 16.5. The fourth-order valence-corrected chi connectivity index (χ4v) is 3.84. The lowest BCUT2D eigenvalue weighted by Gasteiger charge is -2.15. The predicted octanol–water partition coefficient (Wildman–Crippen LogP) is 1.53. The van der Waals surface area contributed by atoms with Crippen molar-refractivity contribution in [1.29, 1.82) is 0 Å². The zero-order valence-electron chi connectivity index (χ0n) is 19.4. The number of nitrogens with one attached hydrogen (secondary N) is 1. The number of hydrogen-bond donors (Lipinski definition) is 1. The van der Waals surface area contributed by atoms with Crippen molar-refractivity contribution in [3.05, 3.63) is 92.9 Å². The van der Waals surface area contributed by atoms with Crippen molar-refractivity contribution in [2.75, 3.05) is 14.2 Å². The normalized spacial score (nSPS) is 10.8. The van der Waals surface area contributed by atoms with Gasteiger partial charge in [-0.3, -0.25) is 18.7 Å². The number of nitrogens with zero attached hydrogens (tertiary/aromatic N) is 4. The molecule has 35 heavy (non-hydrogen) atoms. The van der Waals surface area contributed by atoms with E-state index in [-0.39, 0.29) is 30.8 Å². The number of fused-ring (bicyclic) bond motifs is 1. The molecule has 0 aliphatic rings. The van der Waals surface area contributed by atoms with E-state index in [0.29, 0.717) is 23.5 Å². The van der Waals surface area contributed by atoms with Gasteiger partial charge in [0.1, 0.15) is 6.54 Å². The van der Waals surface area contributed by atoms with Crippen LogP contribution in [0.5, 0.6) is 11.5 Å². The molecule has 0 fully saturated rings. The van der Waals surface area contributed by atoms with E-state index in [1.54, 1.807) is 18.2 Å². The van der Waals surface area contributed by atoms with Gasteiger partial charge in [-0.15, -0.1) is 0 Å². The number of amides is 1. The third-order valence-corrected chi connectivity index (χ3v) is 5.57. The first-order chi connectivity index (χ1) is 17.0. The summed E-state index contributed by atoms with van der Waals surface area (Å²) in [5, 5.41) is 2.79. The minimum Gasteiger partial charge on any atom is -0.493 e. The standard InChI is InChI=1S/C25H25N5O5/c1-34-19-10-6-9-18(22(19)35-2)15-28-20(31)16-30-23-21(26-12-13-27-23)24(32)29(25(30)33)14-11-17-7-4-3-5-8-17/h3-10,12-13H,11,14-16H2,1-2H3,(H,28,31). The minimum absolute atomic E-state index is 0.0300. The molecule has 0 unspecified atom stereocenters. The Bertz CT molecular complexity index is 1460. The molecule has 4 rings (SSSR count). The summed E-state index contributed by atoms with van der Waals surface area (Å²) in [6, 6.07) is 14.9. The highest BCUT2D eigenvalue weighted by Crippen LogP contribution is 2.30. The SMILES string of the molecule is COc1cccc(CNC(=O)Cn2c(=O)n(CCc3ccccc3)c(=O)c3nccnc32)c1OC. The molecule has 2 heterocycles. The lowest BCUT2D eigenvalue weighted by Crippen LogP contribution is -2.43. The van der Waals surface area contributed by atoms with Gasteiger partial charge in [-0.25, -0.2) is 14.8 Å². The number of aryl methyl sites for hydroxylation is 1. The van der Waals surface area contributed by atoms with Crippen LogP contribution in [0.15, 0.2) is 70.5 Å². The second kappa shape index (κ2) is 10.6. The van der Waals surface area contributed by atoms with E-state index in [1.165, 1.54) is 31.2 Å². The summed E-state index contributed by atoms with van der Waals surface area (Å²) in [7, 11) is 3.05. The van der Waals surface area contributed by atoms with Gasteiger partial charge in [0, 0.05) is 31.0 Å². The molecule has 0 saturated carbocycles. The van der Waals surface area contributed by atoms with E-state index in [4.69, 9.17) is 9.47 Å². The summed E-state index contributed by atoms with van der Waals surface area (Å²) in [4.78, 5) is 47.3.